The second-order valence-corrected chi connectivity index (χ2v) is 8.24. The summed E-state index contributed by atoms with van der Waals surface area (Å²) in [6, 6.07) is 6.32. The number of hydrogen-bond acceptors (Lipinski definition) is 4. The molecule has 6 heteroatoms. The molecule has 0 spiro atoms. The van der Waals surface area contributed by atoms with Crippen LogP contribution in [0.3, 0.4) is 0 Å². The van der Waals surface area contributed by atoms with Gasteiger partial charge in [-0.3, -0.25) is 4.90 Å². The van der Waals surface area contributed by atoms with Crippen molar-refractivity contribution in [1.82, 2.24) is 4.90 Å². The third-order valence-electron chi connectivity index (χ3n) is 4.32. The monoisotopic (exact) mass is 329 g/mol. The van der Waals surface area contributed by atoms with Gasteiger partial charge in [0.05, 0.1) is 5.25 Å². The highest BCUT2D eigenvalue weighted by molar-refractivity contribution is 7.91. The lowest BCUT2D eigenvalue weighted by atomic mass is 9.94. The minimum atomic E-state index is -3.05. The van der Waals surface area contributed by atoms with Crippen LogP contribution in [0.5, 0.6) is 5.75 Å². The molecule has 22 heavy (non-hydrogen) atoms. The second-order valence-electron chi connectivity index (χ2n) is 5.98. The fourth-order valence-corrected chi connectivity index (χ4v) is 4.62. The molecular weight excluding hydrogens is 305 g/mol. The van der Waals surface area contributed by atoms with Gasteiger partial charge in [-0.15, -0.1) is 0 Å². The Morgan fingerprint density at radius 3 is 2.64 bits per heavy atom. The zero-order chi connectivity index (χ0) is 16.2. The Morgan fingerprint density at radius 2 is 1.95 bits per heavy atom. The first kappa shape index (κ1) is 17.2. The van der Waals surface area contributed by atoms with E-state index in [0.717, 1.165) is 25.7 Å². The summed E-state index contributed by atoms with van der Waals surface area (Å²) in [5, 5.41) is -0.306. The molecule has 1 aliphatic carbocycles. The summed E-state index contributed by atoms with van der Waals surface area (Å²) in [5.41, 5.74) is 0. The first-order valence-electron chi connectivity index (χ1n) is 7.66. The molecular formula is C16H24FNO3S. The molecule has 1 aliphatic rings. The number of likely N-dealkylation sites (N-methyl/N-ethyl adjacent to an activating group) is 1. The second kappa shape index (κ2) is 7.42. The van der Waals surface area contributed by atoms with Crippen LogP contribution in [-0.2, 0) is 9.84 Å². The van der Waals surface area contributed by atoms with Crippen LogP contribution in [0, 0.1) is 5.82 Å². The van der Waals surface area contributed by atoms with Crippen LogP contribution in [0.25, 0.3) is 0 Å². The van der Waals surface area contributed by atoms with E-state index in [0.29, 0.717) is 13.2 Å². The van der Waals surface area contributed by atoms with Crippen molar-refractivity contribution in [2.24, 2.45) is 0 Å². The van der Waals surface area contributed by atoms with Crippen LogP contribution in [0.4, 0.5) is 4.39 Å². The highest BCUT2D eigenvalue weighted by Crippen LogP contribution is 2.27. The molecule has 1 aromatic carbocycles. The Hall–Kier alpha value is -1.14. The van der Waals surface area contributed by atoms with Crippen molar-refractivity contribution in [3.05, 3.63) is 30.1 Å². The molecule has 0 N–H and O–H groups in total. The summed E-state index contributed by atoms with van der Waals surface area (Å²) in [6.45, 7) is 0.912. The van der Waals surface area contributed by atoms with Crippen molar-refractivity contribution in [3.63, 3.8) is 0 Å². The quantitative estimate of drug-likeness (QED) is 0.804. The summed E-state index contributed by atoms with van der Waals surface area (Å²) in [4.78, 5) is 2.03. The van der Waals surface area contributed by atoms with E-state index < -0.39 is 9.84 Å². The number of halogens is 1. The van der Waals surface area contributed by atoms with Gasteiger partial charge in [-0.05, 0) is 32.0 Å². The minimum absolute atomic E-state index is 0.0213. The molecule has 0 aliphatic heterocycles. The standard InChI is InChI=1S/C16H24FNO3S/c1-18(11-12-21-15-9-5-3-7-13(15)17)14-8-4-6-10-16(14)22(2,19)20/h3,5,7,9,14,16H,4,6,8,10-12H2,1-2H3/t14-,16-/m1/s1. The maximum absolute atomic E-state index is 13.5. The molecule has 4 nitrogen and oxygen atoms in total. The lowest BCUT2D eigenvalue weighted by molar-refractivity contribution is 0.160. The van der Waals surface area contributed by atoms with E-state index in [1.165, 1.54) is 12.3 Å². The van der Waals surface area contributed by atoms with Crippen LogP contribution in [0.1, 0.15) is 25.7 Å². The zero-order valence-corrected chi connectivity index (χ0v) is 14.0. The molecule has 0 heterocycles. The first-order valence-corrected chi connectivity index (χ1v) is 9.61. The molecule has 0 unspecified atom stereocenters. The predicted octanol–water partition coefficient (Wildman–Crippen LogP) is 2.49. The summed E-state index contributed by atoms with van der Waals surface area (Å²) in [6.07, 6.45) is 4.94. The molecule has 2 rings (SSSR count). The molecule has 0 bridgehead atoms. The van der Waals surface area contributed by atoms with Crippen molar-refractivity contribution in [3.8, 4) is 5.75 Å². The average molecular weight is 329 g/mol. The Labute approximate surface area is 132 Å². The maximum Gasteiger partial charge on any atom is 0.165 e. The minimum Gasteiger partial charge on any atom is -0.489 e. The van der Waals surface area contributed by atoms with Crippen molar-refractivity contribution in [2.75, 3.05) is 26.5 Å². The van der Waals surface area contributed by atoms with E-state index >= 15 is 0 Å². The Bertz CT molecular complexity index is 591. The summed E-state index contributed by atoms with van der Waals surface area (Å²) >= 11 is 0. The third kappa shape index (κ3) is 4.43. The van der Waals surface area contributed by atoms with Crippen molar-refractivity contribution in [1.29, 1.82) is 0 Å². The van der Waals surface area contributed by atoms with Crippen LogP contribution in [0.2, 0.25) is 0 Å². The number of benzene rings is 1. The number of nitrogens with zero attached hydrogens (tertiary/aromatic N) is 1. The van der Waals surface area contributed by atoms with Gasteiger partial charge in [0.1, 0.15) is 6.61 Å². The fraction of sp³-hybridized carbons (Fsp3) is 0.625. The van der Waals surface area contributed by atoms with Gasteiger partial charge in [-0.1, -0.05) is 25.0 Å². The lowest BCUT2D eigenvalue weighted by Gasteiger charge is -2.36. The van der Waals surface area contributed by atoms with Gasteiger partial charge < -0.3 is 4.74 Å². The van der Waals surface area contributed by atoms with Gasteiger partial charge in [-0.25, -0.2) is 12.8 Å². The molecule has 0 radical (unpaired) electrons. The van der Waals surface area contributed by atoms with E-state index in [2.05, 4.69) is 0 Å². The lowest BCUT2D eigenvalue weighted by Crippen LogP contribution is -2.48. The van der Waals surface area contributed by atoms with Crippen molar-refractivity contribution in [2.45, 2.75) is 37.0 Å². The summed E-state index contributed by atoms with van der Waals surface area (Å²) in [5.74, 6) is -0.143. The molecule has 0 saturated heterocycles. The van der Waals surface area contributed by atoms with Crippen molar-refractivity contribution < 1.29 is 17.5 Å². The largest absolute Gasteiger partial charge is 0.489 e. The van der Waals surface area contributed by atoms with E-state index in [9.17, 15) is 12.8 Å². The van der Waals surface area contributed by atoms with E-state index in [-0.39, 0.29) is 22.9 Å². The van der Waals surface area contributed by atoms with Crippen LogP contribution in [0.15, 0.2) is 24.3 Å². The van der Waals surface area contributed by atoms with E-state index in [4.69, 9.17) is 4.74 Å². The van der Waals surface area contributed by atoms with Gasteiger partial charge in [0.25, 0.3) is 0 Å². The van der Waals surface area contributed by atoms with Crippen LogP contribution >= 0.6 is 0 Å². The number of hydrogen-bond donors (Lipinski definition) is 0. The van der Waals surface area contributed by atoms with Crippen molar-refractivity contribution >= 4 is 9.84 Å². The highest BCUT2D eigenvalue weighted by atomic mass is 32.2. The van der Waals surface area contributed by atoms with Gasteiger partial charge in [-0.2, -0.15) is 0 Å². The predicted molar refractivity (Wildman–Crippen MR) is 85.4 cm³/mol. The van der Waals surface area contributed by atoms with Gasteiger partial charge >= 0.3 is 0 Å². The summed E-state index contributed by atoms with van der Waals surface area (Å²) < 4.78 is 42.8. The SMILES string of the molecule is CN(CCOc1ccccc1F)[C@@H]1CCCC[C@H]1S(C)(=O)=O. The Morgan fingerprint density at radius 1 is 1.27 bits per heavy atom. The normalized spacial score (nSPS) is 22.7. The van der Waals surface area contributed by atoms with E-state index in [1.54, 1.807) is 18.2 Å². The van der Waals surface area contributed by atoms with Crippen LogP contribution < -0.4 is 4.74 Å². The smallest absolute Gasteiger partial charge is 0.165 e. The zero-order valence-electron chi connectivity index (χ0n) is 13.2. The van der Waals surface area contributed by atoms with Gasteiger partial charge in [0.2, 0.25) is 0 Å². The number of para-hydroxylation sites is 1. The molecule has 1 aromatic rings. The average Bonchev–Trinajstić information content (AvgIpc) is 2.48. The highest BCUT2D eigenvalue weighted by Gasteiger charge is 2.34. The van der Waals surface area contributed by atoms with Gasteiger partial charge in [0.15, 0.2) is 21.4 Å². The summed E-state index contributed by atoms with van der Waals surface area (Å²) in [7, 11) is -1.13. The Balaban J connectivity index is 1.90. The number of ether oxygens (including phenoxy) is 1. The van der Waals surface area contributed by atoms with Gasteiger partial charge in [0, 0.05) is 18.8 Å². The third-order valence-corrected chi connectivity index (χ3v) is 5.97. The number of rotatable bonds is 6. The fourth-order valence-electron chi connectivity index (χ4n) is 3.11. The molecule has 1 fully saturated rings. The first-order chi connectivity index (χ1) is 10.4. The van der Waals surface area contributed by atoms with Crippen LogP contribution in [-0.4, -0.2) is 51.1 Å². The molecule has 124 valence electrons. The van der Waals surface area contributed by atoms with E-state index in [1.807, 2.05) is 11.9 Å². The molecule has 0 amide bonds. The topological polar surface area (TPSA) is 46.6 Å². The number of sulfone groups is 1. The maximum atomic E-state index is 13.5. The molecule has 2 atom stereocenters. The molecule has 1 saturated carbocycles. The molecule has 0 aromatic heterocycles. The Kier molecular flexibility index (Phi) is 5.81.